The third-order valence-electron chi connectivity index (χ3n) is 7.72. The molecule has 2 heterocycles. The van der Waals surface area contributed by atoms with Gasteiger partial charge in [-0.25, -0.2) is 0 Å². The second-order valence-electron chi connectivity index (χ2n) is 14.3. The van der Waals surface area contributed by atoms with E-state index in [1.807, 2.05) is 90.1 Å². The van der Waals surface area contributed by atoms with Crippen molar-refractivity contribution in [2.24, 2.45) is 23.7 Å². The maximum atomic E-state index is 11.8. The molecule has 0 atom stereocenters. The zero-order chi connectivity index (χ0) is 39.2. The number of fused-ring (bicyclic) bond motifs is 1. The first kappa shape index (κ1) is 44.0. The molecule has 1 aliphatic heterocycles. The van der Waals surface area contributed by atoms with Crippen LogP contribution in [0, 0.1) is 23.7 Å². The van der Waals surface area contributed by atoms with Crippen LogP contribution < -0.4 is 16.0 Å². The minimum atomic E-state index is -0.163. The Morgan fingerprint density at radius 3 is 1.34 bits per heavy atom. The predicted molar refractivity (Wildman–Crippen MR) is 214 cm³/mol. The average molecular weight is 722 g/mol. The molecule has 4 aromatic rings. The molecule has 3 aromatic carbocycles. The summed E-state index contributed by atoms with van der Waals surface area (Å²) in [6.07, 6.45) is 3.44. The van der Waals surface area contributed by atoms with Crippen molar-refractivity contribution in [3.05, 3.63) is 137 Å². The maximum absolute atomic E-state index is 11.8. The summed E-state index contributed by atoms with van der Waals surface area (Å²) < 4.78 is 0. The highest BCUT2D eigenvalue weighted by Crippen LogP contribution is 2.23. The number of benzene rings is 3. The highest BCUT2D eigenvalue weighted by molar-refractivity contribution is 6.21. The van der Waals surface area contributed by atoms with Crippen LogP contribution in [-0.4, -0.2) is 46.6 Å². The SMILES string of the molecule is CC(C)C(=O)NCc1ccccc1.CC(C)C(=O)NCc1ccncc1.CC(C)CN1C(=O)c2ccccc2C1=O.CC(C)CNCc1ccccc1. The van der Waals surface area contributed by atoms with E-state index in [-0.39, 0.29) is 35.5 Å². The largest absolute Gasteiger partial charge is 0.352 e. The molecule has 284 valence electrons. The minimum absolute atomic E-state index is 0.0434. The fourth-order valence-corrected chi connectivity index (χ4v) is 4.75. The van der Waals surface area contributed by atoms with E-state index in [0.717, 1.165) is 30.1 Å². The Hall–Kier alpha value is -5.15. The summed E-state index contributed by atoms with van der Waals surface area (Å²) in [6, 6.07) is 31.1. The van der Waals surface area contributed by atoms with E-state index < -0.39 is 0 Å². The van der Waals surface area contributed by atoms with Crippen LogP contribution >= 0.6 is 0 Å². The molecular weight excluding hydrogens is 663 g/mol. The number of nitrogens with one attached hydrogen (secondary N) is 3. The van der Waals surface area contributed by atoms with Gasteiger partial charge in [0, 0.05) is 50.4 Å². The number of pyridine rings is 1. The molecule has 0 fully saturated rings. The molecule has 0 aliphatic carbocycles. The molecule has 0 saturated carbocycles. The molecule has 9 nitrogen and oxygen atoms in total. The van der Waals surface area contributed by atoms with Gasteiger partial charge in [0.15, 0.2) is 0 Å². The van der Waals surface area contributed by atoms with Crippen LogP contribution in [0.15, 0.2) is 109 Å². The molecule has 0 saturated heterocycles. The van der Waals surface area contributed by atoms with E-state index in [9.17, 15) is 19.2 Å². The zero-order valence-corrected chi connectivity index (χ0v) is 32.8. The van der Waals surface area contributed by atoms with Crippen molar-refractivity contribution < 1.29 is 19.2 Å². The van der Waals surface area contributed by atoms with Crippen LogP contribution in [0.3, 0.4) is 0 Å². The minimum Gasteiger partial charge on any atom is -0.352 e. The van der Waals surface area contributed by atoms with E-state index in [2.05, 4.69) is 59.0 Å². The van der Waals surface area contributed by atoms with Gasteiger partial charge in [0.25, 0.3) is 11.8 Å². The Labute approximate surface area is 317 Å². The van der Waals surface area contributed by atoms with Gasteiger partial charge in [-0.3, -0.25) is 29.1 Å². The van der Waals surface area contributed by atoms with Crippen molar-refractivity contribution in [3.63, 3.8) is 0 Å². The number of carbonyl (C=O) groups excluding carboxylic acids is 4. The van der Waals surface area contributed by atoms with Crippen molar-refractivity contribution in [1.82, 2.24) is 25.8 Å². The van der Waals surface area contributed by atoms with E-state index in [0.29, 0.717) is 36.7 Å². The van der Waals surface area contributed by atoms with E-state index in [1.165, 1.54) is 10.5 Å². The van der Waals surface area contributed by atoms with Crippen LogP contribution in [-0.2, 0) is 29.2 Å². The number of rotatable bonds is 12. The van der Waals surface area contributed by atoms with Gasteiger partial charge in [-0.1, -0.05) is 128 Å². The first-order valence-corrected chi connectivity index (χ1v) is 18.5. The number of imide groups is 1. The van der Waals surface area contributed by atoms with Crippen molar-refractivity contribution in [3.8, 4) is 0 Å². The van der Waals surface area contributed by atoms with Crippen LogP contribution in [0.2, 0.25) is 0 Å². The first-order valence-electron chi connectivity index (χ1n) is 18.5. The quantitative estimate of drug-likeness (QED) is 0.129. The average Bonchev–Trinajstić information content (AvgIpc) is 3.39. The smallest absolute Gasteiger partial charge is 0.261 e. The van der Waals surface area contributed by atoms with Gasteiger partial charge >= 0.3 is 0 Å². The van der Waals surface area contributed by atoms with E-state index in [4.69, 9.17) is 0 Å². The number of carbonyl (C=O) groups is 4. The summed E-state index contributed by atoms with van der Waals surface area (Å²) in [5, 5.41) is 9.09. The molecule has 0 spiro atoms. The van der Waals surface area contributed by atoms with Crippen molar-refractivity contribution in [2.75, 3.05) is 13.1 Å². The van der Waals surface area contributed by atoms with Gasteiger partial charge in [0.05, 0.1) is 11.1 Å². The predicted octanol–water partition coefficient (Wildman–Crippen LogP) is 7.68. The third kappa shape index (κ3) is 17.3. The molecule has 9 heteroatoms. The molecule has 1 aromatic heterocycles. The van der Waals surface area contributed by atoms with Gasteiger partial charge in [-0.15, -0.1) is 0 Å². The Morgan fingerprint density at radius 1 is 0.547 bits per heavy atom. The molecule has 53 heavy (non-hydrogen) atoms. The summed E-state index contributed by atoms with van der Waals surface area (Å²) in [6.45, 7) is 19.7. The van der Waals surface area contributed by atoms with Gasteiger partial charge in [0.2, 0.25) is 11.8 Å². The molecule has 5 rings (SSSR count). The molecule has 0 radical (unpaired) electrons. The highest BCUT2D eigenvalue weighted by Gasteiger charge is 2.35. The lowest BCUT2D eigenvalue weighted by atomic mass is 10.1. The van der Waals surface area contributed by atoms with Gasteiger partial charge in [-0.2, -0.15) is 0 Å². The summed E-state index contributed by atoms with van der Waals surface area (Å²) in [7, 11) is 0. The van der Waals surface area contributed by atoms with Crippen molar-refractivity contribution >= 4 is 23.6 Å². The maximum Gasteiger partial charge on any atom is 0.261 e. The fraction of sp³-hybridized carbons (Fsp3) is 0.386. The number of amides is 4. The van der Waals surface area contributed by atoms with Gasteiger partial charge < -0.3 is 16.0 Å². The lowest BCUT2D eigenvalue weighted by molar-refractivity contribution is -0.124. The third-order valence-corrected chi connectivity index (χ3v) is 7.72. The van der Waals surface area contributed by atoms with Crippen LogP contribution in [0.5, 0.6) is 0 Å². The summed E-state index contributed by atoms with van der Waals surface area (Å²) >= 11 is 0. The zero-order valence-electron chi connectivity index (χ0n) is 32.8. The lowest BCUT2D eigenvalue weighted by Gasteiger charge is -2.15. The van der Waals surface area contributed by atoms with Crippen LogP contribution in [0.1, 0.15) is 92.8 Å². The second kappa shape index (κ2) is 24.2. The number of hydrogen-bond acceptors (Lipinski definition) is 6. The number of hydrogen-bond donors (Lipinski definition) is 3. The van der Waals surface area contributed by atoms with E-state index >= 15 is 0 Å². The topological polar surface area (TPSA) is 120 Å². The molecular formula is C44H59N5O4. The van der Waals surface area contributed by atoms with E-state index in [1.54, 1.807) is 36.7 Å². The normalized spacial score (nSPS) is 11.6. The summed E-state index contributed by atoms with van der Waals surface area (Å²) in [5.74, 6) is 0.987. The second-order valence-corrected chi connectivity index (χ2v) is 14.3. The number of nitrogens with zero attached hydrogens (tertiary/aromatic N) is 2. The monoisotopic (exact) mass is 721 g/mol. The van der Waals surface area contributed by atoms with Gasteiger partial charge in [-0.05, 0) is 59.3 Å². The number of aromatic nitrogens is 1. The molecule has 1 aliphatic rings. The Balaban J connectivity index is 0.000000245. The highest BCUT2D eigenvalue weighted by atomic mass is 16.2. The van der Waals surface area contributed by atoms with Crippen molar-refractivity contribution in [1.29, 1.82) is 0 Å². The molecule has 3 N–H and O–H groups in total. The molecule has 4 amide bonds. The lowest BCUT2D eigenvalue weighted by Crippen LogP contribution is -2.33. The summed E-state index contributed by atoms with van der Waals surface area (Å²) in [4.78, 5) is 51.3. The molecule has 0 bridgehead atoms. The standard InChI is InChI=1S/C12H13NO2.C11H15NO.C11H17N.C10H14N2O/c1-8(2)7-13-11(14)9-5-3-4-6-10(9)12(13)15;1-9(2)11(13)12-8-10-6-4-3-5-7-10;1-10(2)8-12-9-11-6-4-3-5-7-11;1-8(2)10(13)12-7-9-3-5-11-6-4-9/h3-6,8H,7H2,1-2H3;3-7,9H,8H2,1-2H3,(H,12,13);3-7,10,12H,8-9H2,1-2H3;3-6,8H,7H2,1-2H3,(H,12,13). The Bertz CT molecular complexity index is 1560. The van der Waals surface area contributed by atoms with Gasteiger partial charge in [0.1, 0.15) is 0 Å². The van der Waals surface area contributed by atoms with Crippen LogP contribution in [0.25, 0.3) is 0 Å². The molecule has 0 unspecified atom stereocenters. The Morgan fingerprint density at radius 2 is 0.943 bits per heavy atom. The first-order chi connectivity index (χ1) is 25.3. The Kier molecular flexibility index (Phi) is 20.1. The fourth-order valence-electron chi connectivity index (χ4n) is 4.75. The van der Waals surface area contributed by atoms with Crippen molar-refractivity contribution in [2.45, 2.75) is 75.0 Å². The van der Waals surface area contributed by atoms with Crippen LogP contribution in [0.4, 0.5) is 0 Å². The summed E-state index contributed by atoms with van der Waals surface area (Å²) in [5.41, 5.74) is 4.63.